The van der Waals surface area contributed by atoms with Crippen LogP contribution in [-0.2, 0) is 9.59 Å². The lowest BCUT2D eigenvalue weighted by molar-refractivity contribution is -0.139. The standard InChI is InChI=1S/C16H20N2O3/c17-16(8-3-4-9-16)15(21)18-10-7-12(14(19)20)11-5-1-2-6-13(11)18/h1-2,5-6,12H,3-4,7-10,17H2,(H,19,20). The van der Waals surface area contributed by atoms with Gasteiger partial charge in [-0.3, -0.25) is 9.59 Å². The van der Waals surface area contributed by atoms with Crippen molar-refractivity contribution in [3.8, 4) is 0 Å². The smallest absolute Gasteiger partial charge is 0.311 e. The second-order valence-electron chi connectivity index (χ2n) is 6.06. The zero-order valence-electron chi connectivity index (χ0n) is 11.9. The molecule has 5 heteroatoms. The Morgan fingerprint density at radius 2 is 1.90 bits per heavy atom. The molecule has 1 aromatic rings. The van der Waals surface area contributed by atoms with E-state index in [-0.39, 0.29) is 5.91 Å². The molecule has 21 heavy (non-hydrogen) atoms. The molecular formula is C16H20N2O3. The second kappa shape index (κ2) is 5.15. The van der Waals surface area contributed by atoms with Crippen LogP contribution in [0.3, 0.4) is 0 Å². The Bertz CT molecular complexity index is 579. The van der Waals surface area contributed by atoms with Crippen LogP contribution >= 0.6 is 0 Å². The van der Waals surface area contributed by atoms with Crippen LogP contribution in [0.4, 0.5) is 5.69 Å². The number of anilines is 1. The molecule has 1 aliphatic carbocycles. The number of nitrogens with zero attached hydrogens (tertiary/aromatic N) is 1. The van der Waals surface area contributed by atoms with E-state index in [4.69, 9.17) is 5.73 Å². The largest absolute Gasteiger partial charge is 0.481 e. The van der Waals surface area contributed by atoms with Gasteiger partial charge >= 0.3 is 5.97 Å². The summed E-state index contributed by atoms with van der Waals surface area (Å²) in [4.78, 5) is 25.9. The van der Waals surface area contributed by atoms with Crippen molar-refractivity contribution in [1.29, 1.82) is 0 Å². The molecule has 3 rings (SSSR count). The van der Waals surface area contributed by atoms with Gasteiger partial charge in [0.05, 0.1) is 11.5 Å². The van der Waals surface area contributed by atoms with Crippen LogP contribution in [0.2, 0.25) is 0 Å². The summed E-state index contributed by atoms with van der Waals surface area (Å²) in [5.41, 5.74) is 6.92. The molecule has 5 nitrogen and oxygen atoms in total. The van der Waals surface area contributed by atoms with E-state index in [0.29, 0.717) is 37.1 Å². The van der Waals surface area contributed by atoms with Gasteiger partial charge in [0.1, 0.15) is 0 Å². The summed E-state index contributed by atoms with van der Waals surface area (Å²) in [6.07, 6.45) is 3.83. The minimum absolute atomic E-state index is 0.0590. The summed E-state index contributed by atoms with van der Waals surface area (Å²) in [5.74, 6) is -1.43. The van der Waals surface area contributed by atoms with Gasteiger partial charge in [-0.2, -0.15) is 0 Å². The van der Waals surface area contributed by atoms with Crippen molar-refractivity contribution in [2.45, 2.75) is 43.6 Å². The Hall–Kier alpha value is -1.88. The van der Waals surface area contributed by atoms with Crippen molar-refractivity contribution in [1.82, 2.24) is 0 Å². The van der Waals surface area contributed by atoms with Crippen LogP contribution in [0.25, 0.3) is 0 Å². The van der Waals surface area contributed by atoms with Crippen molar-refractivity contribution in [2.24, 2.45) is 5.73 Å². The number of carbonyl (C=O) groups excluding carboxylic acids is 1. The van der Waals surface area contributed by atoms with Crippen molar-refractivity contribution >= 4 is 17.6 Å². The minimum Gasteiger partial charge on any atom is -0.481 e. The molecule has 1 aliphatic heterocycles. The van der Waals surface area contributed by atoms with Gasteiger partial charge in [-0.05, 0) is 30.9 Å². The molecule has 1 atom stereocenters. The van der Waals surface area contributed by atoms with Crippen LogP contribution in [0, 0.1) is 0 Å². The summed E-state index contributed by atoms with van der Waals surface area (Å²) in [7, 11) is 0. The average Bonchev–Trinajstić information content (AvgIpc) is 2.93. The number of carboxylic acid groups (broad SMARTS) is 1. The molecule has 1 heterocycles. The molecule has 2 aliphatic rings. The van der Waals surface area contributed by atoms with Gasteiger partial charge in [0.2, 0.25) is 5.91 Å². The lowest BCUT2D eigenvalue weighted by atomic mass is 9.88. The van der Waals surface area contributed by atoms with E-state index < -0.39 is 17.4 Å². The third kappa shape index (κ3) is 2.31. The molecule has 1 saturated carbocycles. The third-order valence-corrected chi connectivity index (χ3v) is 4.71. The Morgan fingerprint density at radius 1 is 1.24 bits per heavy atom. The Balaban J connectivity index is 1.96. The number of aliphatic carboxylic acids is 1. The number of nitrogens with two attached hydrogens (primary N) is 1. The topological polar surface area (TPSA) is 83.6 Å². The Labute approximate surface area is 123 Å². The fourth-order valence-electron chi connectivity index (χ4n) is 3.52. The second-order valence-corrected chi connectivity index (χ2v) is 6.06. The number of benzene rings is 1. The summed E-state index contributed by atoms with van der Waals surface area (Å²) in [6, 6.07) is 7.27. The van der Waals surface area contributed by atoms with Crippen LogP contribution in [0.15, 0.2) is 24.3 Å². The number of hydrogen-bond donors (Lipinski definition) is 2. The molecule has 1 amide bonds. The van der Waals surface area contributed by atoms with E-state index in [9.17, 15) is 14.7 Å². The van der Waals surface area contributed by atoms with Gasteiger partial charge in [0, 0.05) is 12.2 Å². The zero-order chi connectivity index (χ0) is 15.0. The fourth-order valence-corrected chi connectivity index (χ4v) is 3.52. The normalized spacial score (nSPS) is 23.7. The average molecular weight is 288 g/mol. The predicted molar refractivity (Wildman–Crippen MR) is 79.2 cm³/mol. The van der Waals surface area contributed by atoms with Crippen LogP contribution in [0.1, 0.15) is 43.6 Å². The van der Waals surface area contributed by atoms with Gasteiger partial charge in [0.25, 0.3) is 0 Å². The molecule has 0 spiro atoms. The molecule has 0 saturated heterocycles. The number of fused-ring (bicyclic) bond motifs is 1. The highest BCUT2D eigenvalue weighted by Gasteiger charge is 2.42. The van der Waals surface area contributed by atoms with Gasteiger partial charge in [-0.15, -0.1) is 0 Å². The third-order valence-electron chi connectivity index (χ3n) is 4.71. The number of carbonyl (C=O) groups is 2. The van der Waals surface area contributed by atoms with Crippen molar-refractivity contribution in [2.75, 3.05) is 11.4 Å². The summed E-state index contributed by atoms with van der Waals surface area (Å²) in [6.45, 7) is 0.422. The molecule has 0 bridgehead atoms. The first-order valence-corrected chi connectivity index (χ1v) is 7.45. The highest BCUT2D eigenvalue weighted by atomic mass is 16.4. The molecule has 0 radical (unpaired) electrons. The Morgan fingerprint density at radius 3 is 2.57 bits per heavy atom. The highest BCUT2D eigenvalue weighted by Crippen LogP contribution is 2.38. The lowest BCUT2D eigenvalue weighted by Crippen LogP contribution is -2.55. The molecule has 1 aromatic carbocycles. The predicted octanol–water partition coefficient (Wildman–Crippen LogP) is 1.86. The molecule has 0 aromatic heterocycles. The van der Waals surface area contributed by atoms with Gasteiger partial charge in [-0.25, -0.2) is 0 Å². The van der Waals surface area contributed by atoms with Gasteiger partial charge in [0.15, 0.2) is 0 Å². The van der Waals surface area contributed by atoms with Gasteiger partial charge in [-0.1, -0.05) is 31.0 Å². The number of para-hydroxylation sites is 1. The number of carboxylic acids is 1. The maximum atomic E-state index is 12.8. The van der Waals surface area contributed by atoms with E-state index in [2.05, 4.69) is 0 Å². The number of hydrogen-bond acceptors (Lipinski definition) is 3. The van der Waals surface area contributed by atoms with Gasteiger partial charge < -0.3 is 15.7 Å². The first-order chi connectivity index (χ1) is 10.0. The maximum Gasteiger partial charge on any atom is 0.311 e. The number of amides is 1. The number of rotatable bonds is 2. The van der Waals surface area contributed by atoms with Crippen molar-refractivity contribution in [3.63, 3.8) is 0 Å². The fraction of sp³-hybridized carbons (Fsp3) is 0.500. The molecule has 112 valence electrons. The highest BCUT2D eigenvalue weighted by molar-refractivity contribution is 6.02. The first-order valence-electron chi connectivity index (χ1n) is 7.45. The summed E-state index contributed by atoms with van der Waals surface area (Å²) >= 11 is 0. The maximum absolute atomic E-state index is 12.8. The minimum atomic E-state index is -0.835. The quantitative estimate of drug-likeness (QED) is 0.870. The van der Waals surface area contributed by atoms with E-state index in [1.54, 1.807) is 11.0 Å². The van der Waals surface area contributed by atoms with Crippen LogP contribution < -0.4 is 10.6 Å². The van der Waals surface area contributed by atoms with Crippen LogP contribution in [-0.4, -0.2) is 29.1 Å². The lowest BCUT2D eigenvalue weighted by Gasteiger charge is -2.37. The molecule has 3 N–H and O–H groups in total. The SMILES string of the molecule is NC1(C(=O)N2CCC(C(=O)O)c3ccccc32)CCCC1. The first kappa shape index (κ1) is 14.1. The monoisotopic (exact) mass is 288 g/mol. The van der Waals surface area contributed by atoms with Crippen LogP contribution in [0.5, 0.6) is 0 Å². The zero-order valence-corrected chi connectivity index (χ0v) is 11.9. The van der Waals surface area contributed by atoms with E-state index in [1.165, 1.54) is 0 Å². The summed E-state index contributed by atoms with van der Waals surface area (Å²) in [5, 5.41) is 9.34. The van der Waals surface area contributed by atoms with Crippen molar-refractivity contribution < 1.29 is 14.7 Å². The summed E-state index contributed by atoms with van der Waals surface area (Å²) < 4.78 is 0. The van der Waals surface area contributed by atoms with E-state index >= 15 is 0 Å². The molecule has 1 fully saturated rings. The van der Waals surface area contributed by atoms with Crippen molar-refractivity contribution in [3.05, 3.63) is 29.8 Å². The van der Waals surface area contributed by atoms with E-state index in [0.717, 1.165) is 12.8 Å². The van der Waals surface area contributed by atoms with E-state index in [1.807, 2.05) is 18.2 Å². The Kier molecular flexibility index (Phi) is 3.45. The molecule has 1 unspecified atom stereocenters. The molecular weight excluding hydrogens is 268 g/mol.